The highest BCUT2D eigenvalue weighted by atomic mass is 32.1. The summed E-state index contributed by atoms with van der Waals surface area (Å²) in [5.74, 6) is 0.256. The van der Waals surface area contributed by atoms with Gasteiger partial charge in [-0.15, -0.1) is 11.3 Å². The SMILES string of the molecule is CCCCCCN1CC(=O)N2CCN(Cc3c(CC)sc4ccccc34)CC2C1=O. The molecule has 0 saturated carbocycles. The van der Waals surface area contributed by atoms with Gasteiger partial charge in [-0.2, -0.15) is 0 Å². The number of unbranched alkanes of at least 4 members (excludes halogenated alkanes) is 3. The second-order valence-corrected chi connectivity index (χ2v) is 9.65. The van der Waals surface area contributed by atoms with Crippen LogP contribution in [0.15, 0.2) is 24.3 Å². The fourth-order valence-corrected chi connectivity index (χ4v) is 5.94. The highest BCUT2D eigenvalue weighted by Crippen LogP contribution is 2.33. The molecule has 2 aliphatic heterocycles. The summed E-state index contributed by atoms with van der Waals surface area (Å²) < 4.78 is 1.34. The molecule has 1 aromatic heterocycles. The van der Waals surface area contributed by atoms with Crippen LogP contribution in [0, 0.1) is 0 Å². The Morgan fingerprint density at radius 3 is 2.70 bits per heavy atom. The van der Waals surface area contributed by atoms with Gasteiger partial charge >= 0.3 is 0 Å². The lowest BCUT2D eigenvalue weighted by molar-refractivity contribution is -0.159. The van der Waals surface area contributed by atoms with Crippen LogP contribution >= 0.6 is 11.3 Å². The molecule has 2 saturated heterocycles. The summed E-state index contributed by atoms with van der Waals surface area (Å²) in [5, 5.41) is 1.34. The lowest BCUT2D eigenvalue weighted by Gasteiger charge is -2.46. The second kappa shape index (κ2) is 9.48. The van der Waals surface area contributed by atoms with E-state index in [0.29, 0.717) is 19.6 Å². The van der Waals surface area contributed by atoms with E-state index in [1.807, 2.05) is 16.2 Å². The Morgan fingerprint density at radius 2 is 1.90 bits per heavy atom. The van der Waals surface area contributed by atoms with Gasteiger partial charge in [0.05, 0.1) is 6.54 Å². The van der Waals surface area contributed by atoms with Crippen molar-refractivity contribution < 1.29 is 9.59 Å². The van der Waals surface area contributed by atoms with Crippen molar-refractivity contribution in [3.63, 3.8) is 0 Å². The zero-order valence-corrected chi connectivity index (χ0v) is 19.0. The minimum atomic E-state index is -0.318. The molecule has 0 aliphatic carbocycles. The molecule has 1 aromatic carbocycles. The van der Waals surface area contributed by atoms with Crippen molar-refractivity contribution in [3.05, 3.63) is 34.7 Å². The number of piperazine rings is 2. The molecule has 3 heterocycles. The molecular weight excluding hydrogens is 394 g/mol. The molecule has 0 bridgehead atoms. The van der Waals surface area contributed by atoms with E-state index in [-0.39, 0.29) is 24.4 Å². The summed E-state index contributed by atoms with van der Waals surface area (Å²) in [7, 11) is 0. The van der Waals surface area contributed by atoms with E-state index in [0.717, 1.165) is 32.4 Å². The first-order chi connectivity index (χ1) is 14.6. The van der Waals surface area contributed by atoms with Crippen LogP contribution in [0.25, 0.3) is 10.1 Å². The van der Waals surface area contributed by atoms with E-state index in [4.69, 9.17) is 0 Å². The molecule has 1 atom stereocenters. The molecule has 2 aliphatic rings. The molecule has 2 amide bonds. The summed E-state index contributed by atoms with van der Waals surface area (Å²) in [4.78, 5) is 33.3. The number of hydrogen-bond donors (Lipinski definition) is 0. The van der Waals surface area contributed by atoms with Crippen LogP contribution in [-0.4, -0.2) is 65.3 Å². The first-order valence-electron chi connectivity index (χ1n) is 11.4. The van der Waals surface area contributed by atoms with Gasteiger partial charge in [-0.05, 0) is 29.9 Å². The fourth-order valence-electron chi connectivity index (χ4n) is 4.79. The van der Waals surface area contributed by atoms with Crippen LogP contribution < -0.4 is 0 Å². The smallest absolute Gasteiger partial charge is 0.247 e. The highest BCUT2D eigenvalue weighted by Gasteiger charge is 2.42. The minimum absolute atomic E-state index is 0.116. The molecule has 2 fully saturated rings. The third kappa shape index (κ3) is 4.26. The summed E-state index contributed by atoms with van der Waals surface area (Å²) >= 11 is 1.88. The predicted molar refractivity (Wildman–Crippen MR) is 123 cm³/mol. The van der Waals surface area contributed by atoms with Crippen LogP contribution in [0.1, 0.15) is 50.0 Å². The topological polar surface area (TPSA) is 43.9 Å². The molecule has 162 valence electrons. The first-order valence-corrected chi connectivity index (χ1v) is 12.2. The van der Waals surface area contributed by atoms with Crippen molar-refractivity contribution in [2.75, 3.05) is 32.7 Å². The van der Waals surface area contributed by atoms with Crippen molar-refractivity contribution in [3.8, 4) is 0 Å². The van der Waals surface area contributed by atoms with E-state index in [1.165, 1.54) is 33.4 Å². The number of aryl methyl sites for hydroxylation is 1. The zero-order chi connectivity index (χ0) is 21.1. The van der Waals surface area contributed by atoms with Crippen molar-refractivity contribution in [1.29, 1.82) is 0 Å². The number of benzene rings is 1. The van der Waals surface area contributed by atoms with Gasteiger partial charge in [0, 0.05) is 42.3 Å². The monoisotopic (exact) mass is 427 g/mol. The Labute approximate surface area is 183 Å². The first kappa shape index (κ1) is 21.3. The number of thiophene rings is 1. The van der Waals surface area contributed by atoms with Gasteiger partial charge in [-0.25, -0.2) is 0 Å². The third-order valence-corrected chi connectivity index (χ3v) is 7.83. The molecule has 6 heteroatoms. The van der Waals surface area contributed by atoms with E-state index < -0.39 is 0 Å². The third-order valence-electron chi connectivity index (χ3n) is 6.47. The second-order valence-electron chi connectivity index (χ2n) is 8.51. The molecular formula is C24H33N3O2S. The summed E-state index contributed by atoms with van der Waals surface area (Å²) in [6.07, 6.45) is 5.51. The van der Waals surface area contributed by atoms with Gasteiger partial charge in [-0.1, -0.05) is 51.3 Å². The Kier molecular flexibility index (Phi) is 6.74. The molecule has 0 radical (unpaired) electrons. The number of hydrogen-bond acceptors (Lipinski definition) is 4. The standard InChI is InChI=1S/C24H33N3O2S/c1-3-5-6-9-12-26-17-23(28)27-14-13-25(16-20(27)24(26)29)15-19-18-10-7-8-11-22(18)30-21(19)4-2/h7-8,10-11,20H,3-6,9,12-17H2,1-2H3. The largest absolute Gasteiger partial charge is 0.332 e. The lowest BCUT2D eigenvalue weighted by Crippen LogP contribution is -2.66. The Morgan fingerprint density at radius 1 is 1.07 bits per heavy atom. The van der Waals surface area contributed by atoms with Crippen molar-refractivity contribution in [2.45, 2.75) is 58.5 Å². The fraction of sp³-hybridized carbons (Fsp3) is 0.583. The molecule has 0 N–H and O–H groups in total. The summed E-state index contributed by atoms with van der Waals surface area (Å²) in [5.41, 5.74) is 1.40. The number of carbonyl (C=O) groups is 2. The molecule has 1 unspecified atom stereocenters. The van der Waals surface area contributed by atoms with E-state index >= 15 is 0 Å². The van der Waals surface area contributed by atoms with Crippen LogP contribution in [0.3, 0.4) is 0 Å². The molecule has 2 aromatic rings. The van der Waals surface area contributed by atoms with Crippen molar-refractivity contribution in [1.82, 2.24) is 14.7 Å². The van der Waals surface area contributed by atoms with Crippen LogP contribution in [-0.2, 0) is 22.6 Å². The summed E-state index contributed by atoms with van der Waals surface area (Å²) in [6, 6.07) is 8.29. The van der Waals surface area contributed by atoms with Gasteiger partial charge in [0.2, 0.25) is 11.8 Å². The molecule has 30 heavy (non-hydrogen) atoms. The van der Waals surface area contributed by atoms with Gasteiger partial charge in [0.15, 0.2) is 0 Å². The predicted octanol–water partition coefficient (Wildman–Crippen LogP) is 3.90. The number of rotatable bonds is 8. The molecule has 5 nitrogen and oxygen atoms in total. The number of carbonyl (C=O) groups excluding carboxylic acids is 2. The lowest BCUT2D eigenvalue weighted by atomic mass is 10.0. The normalized spacial score (nSPS) is 20.3. The maximum atomic E-state index is 13.2. The Bertz CT molecular complexity index is 909. The molecule has 4 rings (SSSR count). The maximum Gasteiger partial charge on any atom is 0.247 e. The Balaban J connectivity index is 1.46. The van der Waals surface area contributed by atoms with E-state index in [9.17, 15) is 9.59 Å². The average molecular weight is 428 g/mol. The van der Waals surface area contributed by atoms with Gasteiger partial charge in [0.25, 0.3) is 0 Å². The van der Waals surface area contributed by atoms with Gasteiger partial charge in [-0.3, -0.25) is 14.5 Å². The highest BCUT2D eigenvalue weighted by molar-refractivity contribution is 7.19. The number of fused-ring (bicyclic) bond motifs is 2. The van der Waals surface area contributed by atoms with Crippen molar-refractivity contribution >= 4 is 33.2 Å². The Hall–Kier alpha value is -1.92. The van der Waals surface area contributed by atoms with Gasteiger partial charge in [0.1, 0.15) is 6.04 Å². The number of amides is 2. The van der Waals surface area contributed by atoms with E-state index in [1.54, 1.807) is 4.90 Å². The zero-order valence-electron chi connectivity index (χ0n) is 18.2. The van der Waals surface area contributed by atoms with Gasteiger partial charge < -0.3 is 9.80 Å². The summed E-state index contributed by atoms with van der Waals surface area (Å²) in [6.45, 7) is 8.36. The average Bonchev–Trinajstić information content (AvgIpc) is 3.12. The number of nitrogens with zero attached hydrogens (tertiary/aromatic N) is 3. The van der Waals surface area contributed by atoms with Crippen LogP contribution in [0.4, 0.5) is 0 Å². The quantitative estimate of drug-likeness (QED) is 0.600. The molecule has 0 spiro atoms. The van der Waals surface area contributed by atoms with E-state index in [2.05, 4.69) is 43.0 Å². The van der Waals surface area contributed by atoms with Crippen molar-refractivity contribution in [2.24, 2.45) is 0 Å². The van der Waals surface area contributed by atoms with Crippen LogP contribution in [0.5, 0.6) is 0 Å². The van der Waals surface area contributed by atoms with Crippen LogP contribution in [0.2, 0.25) is 0 Å². The minimum Gasteiger partial charge on any atom is -0.332 e. The maximum absolute atomic E-state index is 13.2.